The largest absolute Gasteiger partial charge is 0.381 e. The van der Waals surface area contributed by atoms with E-state index in [1.165, 1.54) is 0 Å². The van der Waals surface area contributed by atoms with Crippen LogP contribution in [0.3, 0.4) is 0 Å². The highest BCUT2D eigenvalue weighted by Gasteiger charge is 2.18. The summed E-state index contributed by atoms with van der Waals surface area (Å²) in [5.41, 5.74) is 0. The lowest BCUT2D eigenvalue weighted by molar-refractivity contribution is 0.185. The number of rotatable bonds is 6. The molecule has 1 heterocycles. The highest BCUT2D eigenvalue weighted by atomic mass is 35.5. The zero-order chi connectivity index (χ0) is 13.7. The van der Waals surface area contributed by atoms with Gasteiger partial charge in [0, 0.05) is 19.7 Å². The van der Waals surface area contributed by atoms with Crippen molar-refractivity contribution in [1.29, 1.82) is 0 Å². The second-order valence-electron chi connectivity index (χ2n) is 4.68. The zero-order valence-corrected chi connectivity index (χ0v) is 12.2. The van der Waals surface area contributed by atoms with Gasteiger partial charge in [0.15, 0.2) is 9.84 Å². The third kappa shape index (κ3) is 4.18. The van der Waals surface area contributed by atoms with Crippen LogP contribution in [0.1, 0.15) is 6.42 Å². The molecule has 0 aromatic heterocycles. The molecule has 1 N–H and O–H groups in total. The second-order valence-corrected chi connectivity index (χ2v) is 7.17. The average Bonchev–Trinajstić information content (AvgIpc) is 2.88. The van der Waals surface area contributed by atoms with Gasteiger partial charge in [0.2, 0.25) is 0 Å². The van der Waals surface area contributed by atoms with Crippen LogP contribution in [0, 0.1) is 5.92 Å². The fourth-order valence-electron chi connectivity index (χ4n) is 2.06. The first-order valence-corrected chi connectivity index (χ1v) is 8.38. The van der Waals surface area contributed by atoms with Crippen molar-refractivity contribution in [2.24, 2.45) is 5.92 Å². The number of sulfone groups is 1. The molecule has 0 saturated carbocycles. The van der Waals surface area contributed by atoms with Gasteiger partial charge in [-0.3, -0.25) is 0 Å². The smallest absolute Gasteiger partial charge is 0.181 e. The van der Waals surface area contributed by atoms with Crippen molar-refractivity contribution in [3.63, 3.8) is 0 Å². The first-order valence-electron chi connectivity index (χ1n) is 6.35. The number of benzene rings is 1. The lowest BCUT2D eigenvalue weighted by Crippen LogP contribution is -2.28. The quantitative estimate of drug-likeness (QED) is 0.813. The zero-order valence-electron chi connectivity index (χ0n) is 10.6. The van der Waals surface area contributed by atoms with E-state index in [0.717, 1.165) is 26.2 Å². The maximum absolute atomic E-state index is 12.1. The maximum Gasteiger partial charge on any atom is 0.181 e. The van der Waals surface area contributed by atoms with E-state index in [1.807, 2.05) is 0 Å². The van der Waals surface area contributed by atoms with Gasteiger partial charge in [-0.2, -0.15) is 0 Å². The molecule has 0 bridgehead atoms. The van der Waals surface area contributed by atoms with Crippen molar-refractivity contribution in [3.8, 4) is 0 Å². The highest BCUT2D eigenvalue weighted by Crippen LogP contribution is 2.21. The first kappa shape index (κ1) is 14.8. The lowest BCUT2D eigenvalue weighted by Gasteiger charge is -2.10. The van der Waals surface area contributed by atoms with E-state index in [2.05, 4.69) is 5.32 Å². The summed E-state index contributed by atoms with van der Waals surface area (Å²) in [4.78, 5) is 0.211. The van der Waals surface area contributed by atoms with Gasteiger partial charge >= 0.3 is 0 Å². The Balaban J connectivity index is 1.82. The van der Waals surface area contributed by atoms with E-state index in [-0.39, 0.29) is 15.7 Å². The Morgan fingerprint density at radius 2 is 2.16 bits per heavy atom. The Morgan fingerprint density at radius 1 is 1.37 bits per heavy atom. The van der Waals surface area contributed by atoms with Crippen molar-refractivity contribution in [2.75, 3.05) is 32.1 Å². The summed E-state index contributed by atoms with van der Waals surface area (Å²) in [6, 6.07) is 6.54. The summed E-state index contributed by atoms with van der Waals surface area (Å²) in [7, 11) is -3.31. The van der Waals surface area contributed by atoms with Gasteiger partial charge < -0.3 is 10.1 Å². The molecule has 19 heavy (non-hydrogen) atoms. The molecule has 1 aliphatic rings. The van der Waals surface area contributed by atoms with Crippen molar-refractivity contribution >= 4 is 21.4 Å². The summed E-state index contributed by atoms with van der Waals surface area (Å²) < 4.78 is 29.5. The molecule has 106 valence electrons. The molecule has 0 aliphatic carbocycles. The first-order chi connectivity index (χ1) is 9.09. The number of halogens is 1. The third-order valence-corrected chi connectivity index (χ3v) is 5.39. The molecule has 2 rings (SSSR count). The van der Waals surface area contributed by atoms with Gasteiger partial charge in [-0.15, -0.1) is 0 Å². The Labute approximate surface area is 119 Å². The number of hydrogen-bond acceptors (Lipinski definition) is 4. The molecular weight excluding hydrogens is 286 g/mol. The van der Waals surface area contributed by atoms with Gasteiger partial charge in [0.05, 0.1) is 22.3 Å². The Morgan fingerprint density at radius 3 is 2.84 bits per heavy atom. The van der Waals surface area contributed by atoms with Crippen molar-refractivity contribution in [2.45, 2.75) is 11.3 Å². The van der Waals surface area contributed by atoms with E-state index in [9.17, 15) is 8.42 Å². The van der Waals surface area contributed by atoms with Crippen molar-refractivity contribution < 1.29 is 13.2 Å². The molecule has 1 aliphatic heterocycles. The fourth-order valence-corrected chi connectivity index (χ4v) is 3.84. The van der Waals surface area contributed by atoms with Crippen LogP contribution in [0.2, 0.25) is 5.02 Å². The lowest BCUT2D eigenvalue weighted by atomic mass is 10.1. The Kier molecular flexibility index (Phi) is 5.21. The van der Waals surface area contributed by atoms with Crippen LogP contribution >= 0.6 is 11.6 Å². The molecule has 0 radical (unpaired) electrons. The Hall–Kier alpha value is -0.620. The van der Waals surface area contributed by atoms with E-state index in [0.29, 0.717) is 12.5 Å². The fraction of sp³-hybridized carbons (Fsp3) is 0.538. The molecule has 1 fully saturated rings. The maximum atomic E-state index is 12.1. The molecule has 4 nitrogen and oxygen atoms in total. The van der Waals surface area contributed by atoms with Crippen LogP contribution in [-0.2, 0) is 14.6 Å². The van der Waals surface area contributed by atoms with Gasteiger partial charge in [-0.25, -0.2) is 8.42 Å². The standard InChI is InChI=1S/C13H18ClNO3S/c14-12-3-1-2-4-13(12)19(16,17)8-6-15-9-11-5-7-18-10-11/h1-4,11,15H,5-10H2. The minimum absolute atomic E-state index is 0.0598. The topological polar surface area (TPSA) is 55.4 Å². The highest BCUT2D eigenvalue weighted by molar-refractivity contribution is 7.91. The molecule has 6 heteroatoms. The van der Waals surface area contributed by atoms with E-state index in [4.69, 9.17) is 16.3 Å². The predicted octanol–water partition coefficient (Wildman–Crippen LogP) is 1.74. The molecule has 0 amide bonds. The molecular formula is C13H18ClNO3S. The monoisotopic (exact) mass is 303 g/mol. The van der Waals surface area contributed by atoms with Crippen LogP contribution in [0.5, 0.6) is 0 Å². The van der Waals surface area contributed by atoms with Crippen molar-refractivity contribution in [1.82, 2.24) is 5.32 Å². The SMILES string of the molecule is O=S(=O)(CCNCC1CCOC1)c1ccccc1Cl. The molecule has 1 atom stereocenters. The minimum atomic E-state index is -3.31. The van der Waals surface area contributed by atoms with Crippen LogP contribution in [0.15, 0.2) is 29.2 Å². The third-order valence-electron chi connectivity index (χ3n) is 3.18. The summed E-state index contributed by atoms with van der Waals surface area (Å²) >= 11 is 5.91. The summed E-state index contributed by atoms with van der Waals surface area (Å²) in [6.45, 7) is 2.82. The number of hydrogen-bond donors (Lipinski definition) is 1. The molecule has 1 aromatic carbocycles. The van der Waals surface area contributed by atoms with Crippen LogP contribution in [0.25, 0.3) is 0 Å². The van der Waals surface area contributed by atoms with Crippen LogP contribution in [-0.4, -0.2) is 40.5 Å². The summed E-state index contributed by atoms with van der Waals surface area (Å²) in [5.74, 6) is 0.563. The van der Waals surface area contributed by atoms with E-state index < -0.39 is 9.84 Å². The van der Waals surface area contributed by atoms with Crippen molar-refractivity contribution in [3.05, 3.63) is 29.3 Å². The minimum Gasteiger partial charge on any atom is -0.381 e. The van der Waals surface area contributed by atoms with Crippen LogP contribution < -0.4 is 5.32 Å². The summed E-state index contributed by atoms with van der Waals surface area (Å²) in [6.07, 6.45) is 1.05. The molecule has 0 spiro atoms. The van der Waals surface area contributed by atoms with E-state index in [1.54, 1.807) is 24.3 Å². The van der Waals surface area contributed by atoms with Gasteiger partial charge in [-0.05, 0) is 24.5 Å². The van der Waals surface area contributed by atoms with Crippen LogP contribution in [0.4, 0.5) is 0 Å². The van der Waals surface area contributed by atoms with E-state index >= 15 is 0 Å². The normalized spacial score (nSPS) is 19.7. The second kappa shape index (κ2) is 6.70. The molecule has 1 aromatic rings. The number of nitrogens with one attached hydrogen (secondary N) is 1. The van der Waals surface area contributed by atoms with Gasteiger partial charge in [0.25, 0.3) is 0 Å². The molecule has 1 saturated heterocycles. The summed E-state index contributed by atoms with van der Waals surface area (Å²) in [5, 5.41) is 3.45. The van der Waals surface area contributed by atoms with Gasteiger partial charge in [0.1, 0.15) is 0 Å². The average molecular weight is 304 g/mol. The number of ether oxygens (including phenoxy) is 1. The molecule has 1 unspecified atom stereocenters. The predicted molar refractivity (Wildman–Crippen MR) is 75.3 cm³/mol. The Bertz CT molecular complexity index is 512. The van der Waals surface area contributed by atoms with Gasteiger partial charge in [-0.1, -0.05) is 23.7 Å².